The maximum atomic E-state index is 2.45. The highest BCUT2D eigenvalue weighted by Crippen LogP contribution is 2.37. The van der Waals surface area contributed by atoms with E-state index in [-0.39, 0.29) is 0 Å². The Kier molecular flexibility index (Phi) is 6.09. The van der Waals surface area contributed by atoms with Crippen molar-refractivity contribution in [3.8, 4) is 5.69 Å². The number of nitrogens with zero attached hydrogens (tertiary/aromatic N) is 2. The van der Waals surface area contributed by atoms with E-state index in [2.05, 4.69) is 143 Å². The third-order valence-electron chi connectivity index (χ3n) is 8.07. The molecule has 1 aliphatic carbocycles. The van der Waals surface area contributed by atoms with Crippen molar-refractivity contribution >= 4 is 54.9 Å². The maximum Gasteiger partial charge on any atom is 0.0541 e. The van der Waals surface area contributed by atoms with Crippen LogP contribution in [0.3, 0.4) is 0 Å². The molecule has 2 heterocycles. The smallest absolute Gasteiger partial charge is 0.0541 e. The average Bonchev–Trinajstić information content (AvgIpc) is 3.56. The zero-order valence-corrected chi connectivity index (χ0v) is 23.0. The molecule has 40 heavy (non-hydrogen) atoms. The molecule has 0 radical (unpaired) electrons. The van der Waals surface area contributed by atoms with Crippen LogP contribution in [0.1, 0.15) is 32.3 Å². The lowest BCUT2D eigenvalue weighted by molar-refractivity contribution is 0.992. The van der Waals surface area contributed by atoms with Gasteiger partial charge in [-0.05, 0) is 66.5 Å². The van der Waals surface area contributed by atoms with Gasteiger partial charge in [-0.1, -0.05) is 105 Å². The molecule has 2 heteroatoms. The zero-order valence-electron chi connectivity index (χ0n) is 23.0. The largest absolute Gasteiger partial charge is 0.313 e. The Bertz CT molecular complexity index is 1960. The topological polar surface area (TPSA) is 9.86 Å². The third kappa shape index (κ3) is 3.79. The molecule has 0 N–H and O–H groups in total. The lowest BCUT2D eigenvalue weighted by Crippen LogP contribution is -2.01. The number of para-hydroxylation sites is 4. The zero-order chi connectivity index (χ0) is 27.1. The Labute approximate surface area is 235 Å². The Morgan fingerprint density at radius 2 is 0.850 bits per heavy atom. The highest BCUT2D eigenvalue weighted by atomic mass is 15.0. The van der Waals surface area contributed by atoms with Crippen LogP contribution in [-0.4, -0.2) is 9.13 Å². The fourth-order valence-corrected chi connectivity index (χ4v) is 6.31. The minimum absolute atomic E-state index is 1.02. The normalized spacial score (nSPS) is 13.3. The molecule has 0 unspecified atom stereocenters. The molecule has 1 aliphatic rings. The van der Waals surface area contributed by atoms with E-state index in [1.807, 2.05) is 13.8 Å². The number of fused-ring (bicyclic) bond motifs is 6. The van der Waals surface area contributed by atoms with Gasteiger partial charge >= 0.3 is 0 Å². The van der Waals surface area contributed by atoms with Crippen molar-refractivity contribution in [1.82, 2.24) is 9.13 Å². The number of aromatic nitrogens is 2. The van der Waals surface area contributed by atoms with E-state index in [0.29, 0.717) is 0 Å². The Morgan fingerprint density at radius 1 is 0.425 bits per heavy atom. The second kappa shape index (κ2) is 10.1. The molecule has 2 aromatic heterocycles. The van der Waals surface area contributed by atoms with Crippen LogP contribution in [0.4, 0.5) is 0 Å². The van der Waals surface area contributed by atoms with Crippen LogP contribution < -0.4 is 0 Å². The van der Waals surface area contributed by atoms with Crippen molar-refractivity contribution < 1.29 is 0 Å². The summed E-state index contributed by atoms with van der Waals surface area (Å²) >= 11 is 0. The van der Waals surface area contributed by atoms with Gasteiger partial charge in [0.1, 0.15) is 0 Å². The lowest BCUT2D eigenvalue weighted by atomic mass is 9.95. The van der Waals surface area contributed by atoms with Crippen molar-refractivity contribution in [2.75, 3.05) is 0 Å². The molecule has 0 saturated carbocycles. The second-order valence-electron chi connectivity index (χ2n) is 10.1. The molecule has 8 rings (SSSR count). The highest BCUT2D eigenvalue weighted by Gasteiger charge is 2.16. The van der Waals surface area contributed by atoms with Gasteiger partial charge in [0.15, 0.2) is 0 Å². The molecular formula is C38H32N2. The Balaban J connectivity index is 0.00000130. The van der Waals surface area contributed by atoms with Crippen molar-refractivity contribution in [2.45, 2.75) is 26.7 Å². The summed E-state index contributed by atoms with van der Waals surface area (Å²) in [5, 5.41) is 5.23. The van der Waals surface area contributed by atoms with Gasteiger partial charge in [-0.3, -0.25) is 0 Å². The van der Waals surface area contributed by atoms with Crippen molar-refractivity contribution in [3.05, 3.63) is 139 Å². The van der Waals surface area contributed by atoms with E-state index >= 15 is 0 Å². The maximum absolute atomic E-state index is 2.45. The summed E-state index contributed by atoms with van der Waals surface area (Å²) in [6.45, 7) is 4.00. The first-order valence-corrected chi connectivity index (χ1v) is 14.3. The first-order chi connectivity index (χ1) is 19.9. The number of allylic oxidation sites excluding steroid dienone is 4. The standard InChI is InChI=1S/C36H26N2.C2H6/c1-5-13-33-29(9-1)30-10-2-6-14-34(30)37(33)27-21-17-25(18-22-27)26-19-23-28(24-20-26)38-35-15-7-3-11-31(35)32-12-4-8-16-36(32)38;1-2/h1-19,21-23H,20,24H2;1-2H3. The molecule has 0 fully saturated rings. The van der Waals surface area contributed by atoms with E-state index in [1.165, 1.54) is 66.1 Å². The molecule has 0 bridgehead atoms. The summed E-state index contributed by atoms with van der Waals surface area (Å²) in [5.74, 6) is 0. The minimum atomic E-state index is 1.02. The first kappa shape index (κ1) is 24.2. The van der Waals surface area contributed by atoms with Gasteiger partial charge in [-0.25, -0.2) is 0 Å². The lowest BCUT2D eigenvalue weighted by Gasteiger charge is -2.18. The molecule has 0 spiro atoms. The number of hydrogen-bond acceptors (Lipinski definition) is 0. The third-order valence-corrected chi connectivity index (χ3v) is 8.07. The van der Waals surface area contributed by atoms with Crippen LogP contribution in [0.15, 0.2) is 133 Å². The Hall–Kier alpha value is -4.82. The van der Waals surface area contributed by atoms with Crippen LogP contribution in [0.2, 0.25) is 0 Å². The van der Waals surface area contributed by atoms with Crippen molar-refractivity contribution in [1.29, 1.82) is 0 Å². The van der Waals surface area contributed by atoms with Crippen molar-refractivity contribution in [3.63, 3.8) is 0 Å². The van der Waals surface area contributed by atoms with E-state index in [4.69, 9.17) is 0 Å². The van der Waals surface area contributed by atoms with Gasteiger partial charge in [0, 0.05) is 32.9 Å². The molecule has 0 saturated heterocycles. The van der Waals surface area contributed by atoms with Crippen molar-refractivity contribution in [2.24, 2.45) is 0 Å². The van der Waals surface area contributed by atoms with E-state index < -0.39 is 0 Å². The molecule has 194 valence electrons. The predicted molar refractivity (Wildman–Crippen MR) is 173 cm³/mol. The van der Waals surface area contributed by atoms with Gasteiger partial charge < -0.3 is 9.13 Å². The number of hydrogen-bond donors (Lipinski definition) is 0. The highest BCUT2D eigenvalue weighted by molar-refractivity contribution is 6.10. The predicted octanol–water partition coefficient (Wildman–Crippen LogP) is 10.6. The average molecular weight is 517 g/mol. The molecule has 5 aromatic carbocycles. The van der Waals surface area contributed by atoms with Crippen LogP contribution >= 0.6 is 0 Å². The number of benzene rings is 5. The van der Waals surface area contributed by atoms with Gasteiger partial charge in [-0.15, -0.1) is 0 Å². The quantitative estimate of drug-likeness (QED) is 0.221. The van der Waals surface area contributed by atoms with E-state index in [9.17, 15) is 0 Å². The van der Waals surface area contributed by atoms with Crippen LogP contribution in [0.5, 0.6) is 0 Å². The summed E-state index contributed by atoms with van der Waals surface area (Å²) in [7, 11) is 0. The fraction of sp³-hybridized carbons (Fsp3) is 0.105. The monoisotopic (exact) mass is 516 g/mol. The summed E-state index contributed by atoms with van der Waals surface area (Å²) in [6, 6.07) is 44.0. The molecular weight excluding hydrogens is 484 g/mol. The fourth-order valence-electron chi connectivity index (χ4n) is 6.31. The van der Waals surface area contributed by atoms with Crippen LogP contribution in [-0.2, 0) is 0 Å². The van der Waals surface area contributed by atoms with Crippen LogP contribution in [0, 0.1) is 0 Å². The molecule has 2 nitrogen and oxygen atoms in total. The number of rotatable bonds is 3. The van der Waals surface area contributed by atoms with E-state index in [0.717, 1.165) is 12.8 Å². The second-order valence-corrected chi connectivity index (χ2v) is 10.1. The molecule has 0 amide bonds. The van der Waals surface area contributed by atoms with Crippen LogP contribution in [0.25, 0.3) is 60.6 Å². The molecule has 0 atom stereocenters. The SMILES string of the molecule is C1=C(c2ccc(-n3c4ccccc4c4ccccc43)cc2)CCC(n2c3ccccc3c3ccccc32)=C1.CC. The van der Waals surface area contributed by atoms with Gasteiger partial charge in [-0.2, -0.15) is 0 Å². The van der Waals surface area contributed by atoms with Gasteiger partial charge in [0.2, 0.25) is 0 Å². The summed E-state index contributed by atoms with van der Waals surface area (Å²) < 4.78 is 4.83. The molecule has 0 aliphatic heterocycles. The summed E-state index contributed by atoms with van der Waals surface area (Å²) in [6.07, 6.45) is 6.68. The summed E-state index contributed by atoms with van der Waals surface area (Å²) in [5.41, 5.74) is 10.3. The van der Waals surface area contributed by atoms with E-state index in [1.54, 1.807) is 0 Å². The molecule has 7 aromatic rings. The van der Waals surface area contributed by atoms with Gasteiger partial charge in [0.25, 0.3) is 0 Å². The van der Waals surface area contributed by atoms with Gasteiger partial charge in [0.05, 0.1) is 22.1 Å². The first-order valence-electron chi connectivity index (χ1n) is 14.3. The Morgan fingerprint density at radius 3 is 1.27 bits per heavy atom. The minimum Gasteiger partial charge on any atom is -0.313 e. The summed E-state index contributed by atoms with van der Waals surface area (Å²) in [4.78, 5) is 0.